The number of carbonyl (C=O) groups is 1. The van der Waals surface area contributed by atoms with Crippen molar-refractivity contribution >= 4 is 11.7 Å². The highest BCUT2D eigenvalue weighted by Crippen LogP contribution is 2.35. The molecule has 1 aliphatic rings. The van der Waals surface area contributed by atoms with Gasteiger partial charge in [0.05, 0.1) is 11.8 Å². The summed E-state index contributed by atoms with van der Waals surface area (Å²) >= 11 is 0. The Labute approximate surface area is 209 Å². The first kappa shape index (κ1) is 23.7. The Kier molecular flexibility index (Phi) is 6.27. The Morgan fingerprint density at radius 1 is 1.17 bits per heavy atom. The second-order valence-electron chi connectivity index (χ2n) is 8.97. The highest BCUT2D eigenvalue weighted by molar-refractivity contribution is 6.09. The van der Waals surface area contributed by atoms with Crippen LogP contribution in [0.2, 0.25) is 0 Å². The van der Waals surface area contributed by atoms with E-state index in [0.717, 1.165) is 16.7 Å². The highest BCUT2D eigenvalue weighted by Gasteiger charge is 2.29. The fourth-order valence-corrected chi connectivity index (χ4v) is 4.28. The van der Waals surface area contributed by atoms with Crippen LogP contribution >= 0.6 is 0 Å². The van der Waals surface area contributed by atoms with Crippen molar-refractivity contribution in [1.82, 2.24) is 29.5 Å². The first-order valence-corrected chi connectivity index (χ1v) is 12.0. The zero-order chi connectivity index (χ0) is 25.4. The van der Waals surface area contributed by atoms with Gasteiger partial charge < -0.3 is 14.0 Å². The summed E-state index contributed by atoms with van der Waals surface area (Å²) in [6.07, 6.45) is 5.21. The van der Waals surface area contributed by atoms with Crippen LogP contribution in [-0.4, -0.2) is 48.8 Å². The lowest BCUT2D eigenvalue weighted by molar-refractivity contribution is 0.0160. The molecule has 0 saturated carbocycles. The van der Waals surface area contributed by atoms with Crippen LogP contribution in [0.15, 0.2) is 49.1 Å². The van der Waals surface area contributed by atoms with Gasteiger partial charge in [0.1, 0.15) is 29.8 Å². The molecule has 4 aromatic rings. The van der Waals surface area contributed by atoms with Crippen molar-refractivity contribution in [2.45, 2.75) is 46.9 Å². The summed E-state index contributed by atoms with van der Waals surface area (Å²) in [4.78, 5) is 19.9. The summed E-state index contributed by atoms with van der Waals surface area (Å²) in [5.41, 5.74) is 3.92. The molecule has 0 saturated heterocycles. The number of hydrogen-bond donors (Lipinski definition) is 0. The molecule has 10 nitrogen and oxygen atoms in total. The Morgan fingerprint density at radius 2 is 2.00 bits per heavy atom. The van der Waals surface area contributed by atoms with Gasteiger partial charge in [-0.3, -0.25) is 9.69 Å². The molecular formula is C26H29N7O3. The highest BCUT2D eigenvalue weighted by atomic mass is 16.5. The first-order valence-electron chi connectivity index (χ1n) is 12.0. The third-order valence-electron chi connectivity index (χ3n) is 6.21. The number of carbonyl (C=O) groups excluding carboxylic acids is 1. The molecule has 0 fully saturated rings. The number of anilines is 1. The molecule has 1 amide bonds. The van der Waals surface area contributed by atoms with Crippen molar-refractivity contribution in [2.24, 2.45) is 0 Å². The monoisotopic (exact) mass is 487 g/mol. The molecule has 0 spiro atoms. The number of fused-ring (bicyclic) bond motifs is 1. The number of aromatic nitrogens is 6. The maximum atomic E-state index is 13.6. The van der Waals surface area contributed by atoms with Crippen LogP contribution in [-0.2, 0) is 4.74 Å². The van der Waals surface area contributed by atoms with Crippen LogP contribution < -0.4 is 9.64 Å². The molecule has 3 aromatic heterocycles. The smallest absolute Gasteiger partial charge is 0.265 e. The Morgan fingerprint density at radius 3 is 2.78 bits per heavy atom. The molecular weight excluding hydrogens is 458 g/mol. The Balaban J connectivity index is 1.47. The minimum Gasteiger partial charge on any atom is -0.472 e. The average Bonchev–Trinajstić information content (AvgIpc) is 3.55. The van der Waals surface area contributed by atoms with Crippen LogP contribution in [0.3, 0.4) is 0 Å². The second-order valence-corrected chi connectivity index (χ2v) is 8.97. The third-order valence-corrected chi connectivity index (χ3v) is 6.21. The molecule has 0 N–H and O–H groups in total. The van der Waals surface area contributed by atoms with Crippen molar-refractivity contribution < 1.29 is 14.3 Å². The van der Waals surface area contributed by atoms with E-state index in [1.54, 1.807) is 23.3 Å². The molecule has 186 valence electrons. The lowest BCUT2D eigenvalue weighted by Gasteiger charge is -2.29. The quantitative estimate of drug-likeness (QED) is 0.374. The predicted molar refractivity (Wildman–Crippen MR) is 135 cm³/mol. The number of benzene rings is 1. The fraction of sp³-hybridized carbons (Fsp3) is 0.346. The predicted octanol–water partition coefficient (Wildman–Crippen LogP) is 4.64. The second kappa shape index (κ2) is 9.54. The van der Waals surface area contributed by atoms with E-state index in [1.165, 1.54) is 4.90 Å². The van der Waals surface area contributed by atoms with E-state index in [2.05, 4.69) is 29.1 Å². The third kappa shape index (κ3) is 4.24. The number of rotatable bonds is 7. The van der Waals surface area contributed by atoms with E-state index in [9.17, 15) is 4.79 Å². The molecule has 0 aliphatic carbocycles. The Hall–Kier alpha value is -4.05. The zero-order valence-electron chi connectivity index (χ0n) is 21.0. The molecule has 0 bridgehead atoms. The van der Waals surface area contributed by atoms with E-state index in [0.29, 0.717) is 35.3 Å². The van der Waals surface area contributed by atoms with Gasteiger partial charge in [-0.25, -0.2) is 9.67 Å². The van der Waals surface area contributed by atoms with Gasteiger partial charge in [0, 0.05) is 24.4 Å². The zero-order valence-corrected chi connectivity index (χ0v) is 21.0. The van der Waals surface area contributed by atoms with Gasteiger partial charge in [-0.15, -0.1) is 10.2 Å². The molecule has 4 heterocycles. The van der Waals surface area contributed by atoms with E-state index in [1.807, 2.05) is 55.8 Å². The van der Waals surface area contributed by atoms with Crippen molar-refractivity contribution in [3.63, 3.8) is 0 Å². The molecule has 36 heavy (non-hydrogen) atoms. The van der Waals surface area contributed by atoms with Crippen LogP contribution in [0.5, 0.6) is 5.75 Å². The first-order chi connectivity index (χ1) is 17.4. The molecule has 0 radical (unpaired) electrons. The van der Waals surface area contributed by atoms with Gasteiger partial charge in [0.15, 0.2) is 12.6 Å². The van der Waals surface area contributed by atoms with Gasteiger partial charge in [0.25, 0.3) is 5.91 Å². The van der Waals surface area contributed by atoms with Crippen molar-refractivity contribution in [3.8, 4) is 28.4 Å². The normalized spacial score (nSPS) is 14.2. The molecule has 1 atom stereocenters. The average molecular weight is 488 g/mol. The summed E-state index contributed by atoms with van der Waals surface area (Å²) in [6.45, 7) is 10.7. The number of nitrogens with zero attached hydrogens (tertiary/aromatic N) is 7. The van der Waals surface area contributed by atoms with E-state index in [4.69, 9.17) is 14.5 Å². The molecule has 10 heteroatoms. The van der Waals surface area contributed by atoms with Crippen LogP contribution in [0.1, 0.15) is 55.9 Å². The minimum atomic E-state index is -0.179. The molecule has 5 rings (SSSR count). The maximum absolute atomic E-state index is 13.6. The van der Waals surface area contributed by atoms with Gasteiger partial charge in [-0.05, 0) is 70.0 Å². The molecule has 1 aromatic carbocycles. The number of aryl methyl sites for hydroxylation is 1. The maximum Gasteiger partial charge on any atom is 0.265 e. The summed E-state index contributed by atoms with van der Waals surface area (Å²) in [6, 6.07) is 9.45. The van der Waals surface area contributed by atoms with Crippen LogP contribution in [0.4, 0.5) is 5.82 Å². The van der Waals surface area contributed by atoms with E-state index >= 15 is 0 Å². The summed E-state index contributed by atoms with van der Waals surface area (Å²) in [5.74, 6) is 1.52. The molecule has 1 aliphatic heterocycles. The standard InChI is InChI=1S/C26H29N7O3/c1-6-35-18(5)33-13-19(12-28-33)20-11-21-23(10-17(20)4)36-15-32(26(21)34)24-9-7-8-22(29-24)25-30-27-14-31(25)16(2)3/h7-14,16,18H,6,15H2,1-5H3. The topological polar surface area (TPSA) is 100 Å². The van der Waals surface area contributed by atoms with Gasteiger partial charge in [0.2, 0.25) is 0 Å². The largest absolute Gasteiger partial charge is 0.472 e. The molecule has 1 unspecified atom stereocenters. The van der Waals surface area contributed by atoms with E-state index < -0.39 is 0 Å². The van der Waals surface area contributed by atoms with E-state index in [-0.39, 0.29) is 24.9 Å². The minimum absolute atomic E-state index is 0.0712. The summed E-state index contributed by atoms with van der Waals surface area (Å²) in [7, 11) is 0. The number of ether oxygens (including phenoxy) is 2. The lowest BCUT2D eigenvalue weighted by atomic mass is 9.98. The van der Waals surface area contributed by atoms with Gasteiger partial charge >= 0.3 is 0 Å². The van der Waals surface area contributed by atoms with Gasteiger partial charge in [-0.2, -0.15) is 5.10 Å². The van der Waals surface area contributed by atoms with Crippen LogP contribution in [0.25, 0.3) is 22.6 Å². The van der Waals surface area contributed by atoms with Crippen molar-refractivity contribution in [1.29, 1.82) is 0 Å². The van der Waals surface area contributed by atoms with Crippen LogP contribution in [0, 0.1) is 6.92 Å². The number of hydrogen-bond acceptors (Lipinski definition) is 7. The Bertz CT molecular complexity index is 1410. The number of pyridine rings is 1. The summed E-state index contributed by atoms with van der Waals surface area (Å²) in [5, 5.41) is 12.7. The SMILES string of the molecule is CCOC(C)n1cc(-c2cc3c(cc2C)OCN(c2cccc(-c4nncn4C(C)C)n2)C3=O)cn1. The van der Waals surface area contributed by atoms with Crippen molar-refractivity contribution in [3.05, 3.63) is 60.2 Å². The summed E-state index contributed by atoms with van der Waals surface area (Å²) < 4.78 is 15.3. The lowest BCUT2D eigenvalue weighted by Crippen LogP contribution is -2.39. The fourth-order valence-electron chi connectivity index (χ4n) is 4.28. The number of amides is 1. The van der Waals surface area contributed by atoms with Crippen molar-refractivity contribution in [2.75, 3.05) is 18.2 Å². The van der Waals surface area contributed by atoms with Gasteiger partial charge in [-0.1, -0.05) is 6.07 Å².